The van der Waals surface area contributed by atoms with Gasteiger partial charge in [0.1, 0.15) is 0 Å². The fourth-order valence-electron chi connectivity index (χ4n) is 2.50. The van der Waals surface area contributed by atoms with Crippen molar-refractivity contribution in [2.24, 2.45) is 0 Å². The molecule has 0 aromatic rings. The summed E-state index contributed by atoms with van der Waals surface area (Å²) < 4.78 is 0. The fraction of sp³-hybridized carbons (Fsp3) is 1.00. The van der Waals surface area contributed by atoms with Gasteiger partial charge in [0.25, 0.3) is 0 Å². The lowest BCUT2D eigenvalue weighted by atomic mass is 10.0. The van der Waals surface area contributed by atoms with E-state index in [2.05, 4.69) is 6.92 Å². The number of aliphatic hydroxyl groups excluding tert-OH is 2. The lowest BCUT2D eigenvalue weighted by Crippen LogP contribution is -2.05. The third-order valence-corrected chi connectivity index (χ3v) is 3.84. The molecule has 0 aliphatic heterocycles. The van der Waals surface area contributed by atoms with Crippen molar-refractivity contribution in [3.8, 4) is 0 Å². The van der Waals surface area contributed by atoms with E-state index in [1.54, 1.807) is 0 Å². The average molecular weight is 272 g/mol. The molecule has 1 unspecified atom stereocenters. The van der Waals surface area contributed by atoms with Gasteiger partial charge in [-0.25, -0.2) is 0 Å². The maximum Gasteiger partial charge on any atom is 0.0540 e. The van der Waals surface area contributed by atoms with Crippen molar-refractivity contribution >= 4 is 0 Å². The fourth-order valence-corrected chi connectivity index (χ4v) is 2.50. The molecular formula is C17H36O2. The molecule has 0 radical (unpaired) electrons. The van der Waals surface area contributed by atoms with E-state index < -0.39 is 0 Å². The Morgan fingerprint density at radius 3 is 1.53 bits per heavy atom. The molecule has 0 heterocycles. The van der Waals surface area contributed by atoms with Crippen molar-refractivity contribution in [1.82, 2.24) is 0 Å². The van der Waals surface area contributed by atoms with Crippen LogP contribution in [0.5, 0.6) is 0 Å². The van der Waals surface area contributed by atoms with E-state index in [0.717, 1.165) is 19.3 Å². The summed E-state index contributed by atoms with van der Waals surface area (Å²) in [5.41, 5.74) is 0. The number of hydrogen-bond donors (Lipinski definition) is 2. The second kappa shape index (κ2) is 16.0. The second-order valence-corrected chi connectivity index (χ2v) is 5.84. The van der Waals surface area contributed by atoms with Crippen molar-refractivity contribution in [1.29, 1.82) is 0 Å². The molecule has 0 amide bonds. The minimum Gasteiger partial charge on any atom is -0.396 e. The van der Waals surface area contributed by atoms with E-state index >= 15 is 0 Å². The van der Waals surface area contributed by atoms with Crippen molar-refractivity contribution in [3.05, 3.63) is 0 Å². The van der Waals surface area contributed by atoms with Gasteiger partial charge in [-0.15, -0.1) is 0 Å². The van der Waals surface area contributed by atoms with Gasteiger partial charge in [-0.2, -0.15) is 0 Å². The molecule has 0 aromatic heterocycles. The summed E-state index contributed by atoms with van der Waals surface area (Å²) in [5.74, 6) is 0. The Labute approximate surface area is 120 Å². The van der Waals surface area contributed by atoms with E-state index in [0.29, 0.717) is 6.61 Å². The summed E-state index contributed by atoms with van der Waals surface area (Å²) in [5, 5.41) is 18.5. The molecule has 2 N–H and O–H groups in total. The first-order valence-corrected chi connectivity index (χ1v) is 8.60. The summed E-state index contributed by atoms with van der Waals surface area (Å²) in [6, 6.07) is 0. The monoisotopic (exact) mass is 272 g/mol. The maximum atomic E-state index is 9.82. The van der Waals surface area contributed by atoms with Gasteiger partial charge in [-0.05, 0) is 19.3 Å². The zero-order valence-electron chi connectivity index (χ0n) is 13.1. The van der Waals surface area contributed by atoms with Gasteiger partial charge < -0.3 is 10.2 Å². The van der Waals surface area contributed by atoms with Crippen LogP contribution in [-0.4, -0.2) is 22.9 Å². The SMILES string of the molecule is CCCCCCC(O)CCCCCCCCCCO. The van der Waals surface area contributed by atoms with Crippen LogP contribution in [0.3, 0.4) is 0 Å². The predicted octanol–water partition coefficient (Wildman–Crippen LogP) is 4.82. The molecule has 0 saturated heterocycles. The van der Waals surface area contributed by atoms with Crippen LogP contribution in [0, 0.1) is 0 Å². The molecule has 0 rings (SSSR count). The van der Waals surface area contributed by atoms with Crippen molar-refractivity contribution in [3.63, 3.8) is 0 Å². The lowest BCUT2D eigenvalue weighted by molar-refractivity contribution is 0.147. The van der Waals surface area contributed by atoms with Crippen molar-refractivity contribution in [2.45, 2.75) is 103 Å². The van der Waals surface area contributed by atoms with E-state index in [4.69, 9.17) is 5.11 Å². The van der Waals surface area contributed by atoms with E-state index in [9.17, 15) is 5.11 Å². The third-order valence-electron chi connectivity index (χ3n) is 3.84. The zero-order chi connectivity index (χ0) is 14.2. The minimum atomic E-state index is -0.0542. The summed E-state index contributed by atoms with van der Waals surface area (Å²) in [7, 11) is 0. The quantitative estimate of drug-likeness (QED) is 0.420. The molecule has 0 aromatic carbocycles. The molecule has 19 heavy (non-hydrogen) atoms. The summed E-state index contributed by atoms with van der Waals surface area (Å²) in [6.07, 6.45) is 16.8. The largest absolute Gasteiger partial charge is 0.396 e. The average Bonchev–Trinajstić information content (AvgIpc) is 2.42. The van der Waals surface area contributed by atoms with Crippen LogP contribution < -0.4 is 0 Å². The van der Waals surface area contributed by atoms with Crippen LogP contribution in [0.2, 0.25) is 0 Å². The summed E-state index contributed by atoms with van der Waals surface area (Å²) in [6.45, 7) is 2.57. The Morgan fingerprint density at radius 1 is 0.632 bits per heavy atom. The van der Waals surface area contributed by atoms with E-state index in [1.165, 1.54) is 70.6 Å². The van der Waals surface area contributed by atoms with E-state index in [1.807, 2.05) is 0 Å². The lowest BCUT2D eigenvalue weighted by Gasteiger charge is -2.10. The van der Waals surface area contributed by atoms with Crippen LogP contribution >= 0.6 is 0 Å². The number of unbranched alkanes of at least 4 members (excludes halogenated alkanes) is 10. The molecule has 0 aliphatic rings. The molecule has 0 fully saturated rings. The van der Waals surface area contributed by atoms with Gasteiger partial charge in [-0.1, -0.05) is 77.6 Å². The highest BCUT2D eigenvalue weighted by Gasteiger charge is 2.03. The first kappa shape index (κ1) is 18.9. The summed E-state index contributed by atoms with van der Waals surface area (Å²) >= 11 is 0. The predicted molar refractivity (Wildman–Crippen MR) is 83.4 cm³/mol. The van der Waals surface area contributed by atoms with E-state index in [-0.39, 0.29) is 6.10 Å². The maximum absolute atomic E-state index is 9.82. The highest BCUT2D eigenvalue weighted by Crippen LogP contribution is 2.13. The molecule has 0 spiro atoms. The van der Waals surface area contributed by atoms with Gasteiger partial charge >= 0.3 is 0 Å². The summed E-state index contributed by atoms with van der Waals surface area (Å²) in [4.78, 5) is 0. The standard InChI is InChI=1S/C17H36O2/c1-2-3-4-11-14-17(19)15-12-9-7-5-6-8-10-13-16-18/h17-19H,2-16H2,1H3. The van der Waals surface area contributed by atoms with Crippen LogP contribution in [-0.2, 0) is 0 Å². The van der Waals surface area contributed by atoms with Gasteiger partial charge in [0.05, 0.1) is 6.10 Å². The topological polar surface area (TPSA) is 40.5 Å². The third kappa shape index (κ3) is 15.9. The molecule has 2 nitrogen and oxygen atoms in total. The smallest absolute Gasteiger partial charge is 0.0540 e. The molecule has 2 heteroatoms. The number of aliphatic hydroxyl groups is 2. The Morgan fingerprint density at radius 2 is 1.05 bits per heavy atom. The van der Waals surface area contributed by atoms with Gasteiger partial charge in [0.2, 0.25) is 0 Å². The number of rotatable bonds is 15. The second-order valence-electron chi connectivity index (χ2n) is 5.84. The van der Waals surface area contributed by atoms with Crippen LogP contribution in [0.1, 0.15) is 96.8 Å². The first-order chi connectivity index (χ1) is 9.31. The van der Waals surface area contributed by atoms with Crippen molar-refractivity contribution in [2.75, 3.05) is 6.61 Å². The van der Waals surface area contributed by atoms with Gasteiger partial charge in [0.15, 0.2) is 0 Å². The molecule has 0 saturated carbocycles. The Bertz CT molecular complexity index is 159. The van der Waals surface area contributed by atoms with Crippen LogP contribution in [0.15, 0.2) is 0 Å². The van der Waals surface area contributed by atoms with Gasteiger partial charge in [0, 0.05) is 6.61 Å². The highest BCUT2D eigenvalue weighted by molar-refractivity contribution is 4.57. The van der Waals surface area contributed by atoms with Gasteiger partial charge in [-0.3, -0.25) is 0 Å². The molecular weight excluding hydrogens is 236 g/mol. The molecule has 0 bridgehead atoms. The highest BCUT2D eigenvalue weighted by atomic mass is 16.3. The Hall–Kier alpha value is -0.0800. The molecule has 1 atom stereocenters. The van der Waals surface area contributed by atoms with Crippen LogP contribution in [0.4, 0.5) is 0 Å². The normalized spacial score (nSPS) is 12.8. The molecule has 116 valence electrons. The Kier molecular flexibility index (Phi) is 15.9. The number of hydrogen-bond acceptors (Lipinski definition) is 2. The van der Waals surface area contributed by atoms with Crippen molar-refractivity contribution < 1.29 is 10.2 Å². The Balaban J connectivity index is 3.07. The zero-order valence-corrected chi connectivity index (χ0v) is 13.1. The molecule has 0 aliphatic carbocycles. The van der Waals surface area contributed by atoms with Crippen LogP contribution in [0.25, 0.3) is 0 Å². The first-order valence-electron chi connectivity index (χ1n) is 8.60. The minimum absolute atomic E-state index is 0.0542.